The SMILES string of the molecule is CC(C)CNCc1ccc(Br)cc1N(C)C(C)C(C)(C)C. The van der Waals surface area contributed by atoms with Crippen LogP contribution in [0.5, 0.6) is 0 Å². The maximum atomic E-state index is 3.61. The summed E-state index contributed by atoms with van der Waals surface area (Å²) in [6.07, 6.45) is 0. The van der Waals surface area contributed by atoms with Gasteiger partial charge in [0.25, 0.3) is 0 Å². The summed E-state index contributed by atoms with van der Waals surface area (Å²) in [6.45, 7) is 15.6. The van der Waals surface area contributed by atoms with Crippen LogP contribution in [0, 0.1) is 11.3 Å². The number of halogens is 1. The van der Waals surface area contributed by atoms with Crippen molar-refractivity contribution in [3.63, 3.8) is 0 Å². The van der Waals surface area contributed by atoms with E-state index in [1.807, 2.05) is 0 Å². The van der Waals surface area contributed by atoms with Gasteiger partial charge in [-0.2, -0.15) is 0 Å². The van der Waals surface area contributed by atoms with Crippen molar-refractivity contribution in [3.05, 3.63) is 28.2 Å². The molecular formula is C18H31BrN2. The molecule has 0 aliphatic carbocycles. The molecule has 0 aliphatic rings. The van der Waals surface area contributed by atoms with Gasteiger partial charge in [-0.05, 0) is 42.5 Å². The highest BCUT2D eigenvalue weighted by atomic mass is 79.9. The summed E-state index contributed by atoms with van der Waals surface area (Å²) in [5.74, 6) is 0.676. The van der Waals surface area contributed by atoms with E-state index in [2.05, 4.69) is 92.9 Å². The topological polar surface area (TPSA) is 15.3 Å². The van der Waals surface area contributed by atoms with Crippen LogP contribution in [0.25, 0.3) is 0 Å². The summed E-state index contributed by atoms with van der Waals surface area (Å²) in [7, 11) is 2.20. The van der Waals surface area contributed by atoms with Crippen molar-refractivity contribution in [2.24, 2.45) is 11.3 Å². The van der Waals surface area contributed by atoms with Gasteiger partial charge in [0.2, 0.25) is 0 Å². The molecule has 0 aliphatic heterocycles. The quantitative estimate of drug-likeness (QED) is 0.767. The molecule has 120 valence electrons. The maximum absolute atomic E-state index is 3.61. The molecule has 1 N–H and O–H groups in total. The highest BCUT2D eigenvalue weighted by Gasteiger charge is 2.25. The van der Waals surface area contributed by atoms with E-state index in [9.17, 15) is 0 Å². The Balaban J connectivity index is 2.96. The average Bonchev–Trinajstić information content (AvgIpc) is 2.37. The van der Waals surface area contributed by atoms with E-state index >= 15 is 0 Å². The second-order valence-corrected chi connectivity index (χ2v) is 8.37. The average molecular weight is 355 g/mol. The van der Waals surface area contributed by atoms with Crippen molar-refractivity contribution in [1.82, 2.24) is 5.32 Å². The Bertz CT molecular complexity index is 449. The molecule has 21 heavy (non-hydrogen) atoms. The molecule has 2 nitrogen and oxygen atoms in total. The van der Waals surface area contributed by atoms with E-state index in [0.717, 1.165) is 17.6 Å². The third-order valence-corrected chi connectivity index (χ3v) is 4.62. The Morgan fingerprint density at radius 3 is 2.33 bits per heavy atom. The molecule has 1 rings (SSSR count). The first-order valence-corrected chi connectivity index (χ1v) is 8.64. The second-order valence-electron chi connectivity index (χ2n) is 7.45. The number of hydrogen-bond donors (Lipinski definition) is 1. The van der Waals surface area contributed by atoms with Crippen LogP contribution in [-0.4, -0.2) is 19.6 Å². The fourth-order valence-corrected chi connectivity index (χ4v) is 2.65. The van der Waals surface area contributed by atoms with Crippen LogP contribution >= 0.6 is 15.9 Å². The zero-order valence-electron chi connectivity index (χ0n) is 14.6. The van der Waals surface area contributed by atoms with Crippen molar-refractivity contribution < 1.29 is 0 Å². The number of nitrogens with one attached hydrogen (secondary N) is 1. The summed E-state index contributed by atoms with van der Waals surface area (Å²) < 4.78 is 1.14. The monoisotopic (exact) mass is 354 g/mol. The van der Waals surface area contributed by atoms with Gasteiger partial charge >= 0.3 is 0 Å². The minimum Gasteiger partial charge on any atom is -0.371 e. The molecule has 0 saturated heterocycles. The van der Waals surface area contributed by atoms with Gasteiger partial charge in [-0.1, -0.05) is 56.6 Å². The molecule has 1 unspecified atom stereocenters. The molecule has 0 heterocycles. The lowest BCUT2D eigenvalue weighted by Gasteiger charge is -2.38. The highest BCUT2D eigenvalue weighted by molar-refractivity contribution is 9.10. The van der Waals surface area contributed by atoms with E-state index in [-0.39, 0.29) is 5.41 Å². The lowest BCUT2D eigenvalue weighted by atomic mass is 9.86. The first-order chi connectivity index (χ1) is 9.62. The zero-order valence-corrected chi connectivity index (χ0v) is 16.2. The maximum Gasteiger partial charge on any atom is 0.0423 e. The Morgan fingerprint density at radius 2 is 1.81 bits per heavy atom. The minimum absolute atomic E-state index is 0.250. The molecule has 0 aromatic heterocycles. The number of hydrogen-bond acceptors (Lipinski definition) is 2. The predicted octanol–water partition coefficient (Wildman–Crippen LogP) is 5.07. The van der Waals surface area contributed by atoms with Crippen molar-refractivity contribution in [3.8, 4) is 0 Å². The molecular weight excluding hydrogens is 324 g/mol. The van der Waals surface area contributed by atoms with Crippen LogP contribution in [0.15, 0.2) is 22.7 Å². The van der Waals surface area contributed by atoms with Gasteiger partial charge in [0.05, 0.1) is 0 Å². The molecule has 0 saturated carbocycles. The lowest BCUT2D eigenvalue weighted by Crippen LogP contribution is -2.40. The van der Waals surface area contributed by atoms with Crippen molar-refractivity contribution in [2.75, 3.05) is 18.5 Å². The van der Waals surface area contributed by atoms with Crippen LogP contribution in [-0.2, 0) is 6.54 Å². The van der Waals surface area contributed by atoms with Gasteiger partial charge in [0.1, 0.15) is 0 Å². The van der Waals surface area contributed by atoms with Gasteiger partial charge in [0, 0.05) is 29.8 Å². The molecule has 0 amide bonds. The fraction of sp³-hybridized carbons (Fsp3) is 0.667. The van der Waals surface area contributed by atoms with E-state index in [4.69, 9.17) is 0 Å². The Hall–Kier alpha value is -0.540. The van der Waals surface area contributed by atoms with E-state index in [0.29, 0.717) is 12.0 Å². The molecule has 3 heteroatoms. The van der Waals surface area contributed by atoms with Gasteiger partial charge in [-0.15, -0.1) is 0 Å². The molecule has 0 spiro atoms. The molecule has 1 atom stereocenters. The lowest BCUT2D eigenvalue weighted by molar-refractivity contribution is 0.329. The van der Waals surface area contributed by atoms with Gasteiger partial charge in [-0.3, -0.25) is 0 Å². The van der Waals surface area contributed by atoms with Crippen LogP contribution in [0.3, 0.4) is 0 Å². The smallest absolute Gasteiger partial charge is 0.0423 e. The zero-order chi connectivity index (χ0) is 16.2. The van der Waals surface area contributed by atoms with Crippen molar-refractivity contribution >= 4 is 21.6 Å². The first-order valence-electron chi connectivity index (χ1n) is 7.85. The third-order valence-electron chi connectivity index (χ3n) is 4.13. The van der Waals surface area contributed by atoms with Crippen LogP contribution in [0.4, 0.5) is 5.69 Å². The molecule has 0 radical (unpaired) electrons. The third kappa shape index (κ3) is 5.63. The van der Waals surface area contributed by atoms with Gasteiger partial charge in [0.15, 0.2) is 0 Å². The van der Waals surface area contributed by atoms with Crippen LogP contribution in [0.2, 0.25) is 0 Å². The molecule has 1 aromatic carbocycles. The molecule has 1 aromatic rings. The van der Waals surface area contributed by atoms with Crippen molar-refractivity contribution in [2.45, 2.75) is 54.1 Å². The number of nitrogens with zero attached hydrogens (tertiary/aromatic N) is 1. The van der Waals surface area contributed by atoms with E-state index in [1.165, 1.54) is 11.3 Å². The number of rotatable bonds is 6. The molecule has 0 fully saturated rings. The summed E-state index contributed by atoms with van der Waals surface area (Å²) >= 11 is 3.61. The largest absolute Gasteiger partial charge is 0.371 e. The van der Waals surface area contributed by atoms with Crippen LogP contribution < -0.4 is 10.2 Å². The summed E-state index contributed by atoms with van der Waals surface area (Å²) in [5, 5.41) is 3.55. The predicted molar refractivity (Wildman–Crippen MR) is 98.0 cm³/mol. The summed E-state index contributed by atoms with van der Waals surface area (Å²) in [4.78, 5) is 2.40. The first kappa shape index (κ1) is 18.5. The van der Waals surface area contributed by atoms with Crippen LogP contribution in [0.1, 0.15) is 47.1 Å². The number of benzene rings is 1. The van der Waals surface area contributed by atoms with Crippen molar-refractivity contribution in [1.29, 1.82) is 0 Å². The van der Waals surface area contributed by atoms with E-state index < -0.39 is 0 Å². The Morgan fingerprint density at radius 1 is 1.19 bits per heavy atom. The summed E-state index contributed by atoms with van der Waals surface area (Å²) in [6, 6.07) is 7.05. The minimum atomic E-state index is 0.250. The number of anilines is 1. The van der Waals surface area contributed by atoms with Gasteiger partial charge < -0.3 is 10.2 Å². The standard InChI is InChI=1S/C18H31BrN2/c1-13(2)11-20-12-15-8-9-16(19)10-17(15)21(7)14(3)18(4,5)6/h8-10,13-14,20H,11-12H2,1-7H3. The Kier molecular flexibility index (Phi) is 6.73. The second kappa shape index (κ2) is 7.64. The molecule has 0 bridgehead atoms. The summed E-state index contributed by atoms with van der Waals surface area (Å²) in [5.41, 5.74) is 2.92. The fourth-order valence-electron chi connectivity index (χ4n) is 2.30. The Labute approximate surface area is 139 Å². The van der Waals surface area contributed by atoms with Gasteiger partial charge in [-0.25, -0.2) is 0 Å². The highest BCUT2D eigenvalue weighted by Crippen LogP contribution is 2.31. The van der Waals surface area contributed by atoms with E-state index in [1.54, 1.807) is 0 Å². The normalized spacial score (nSPS) is 13.6.